The van der Waals surface area contributed by atoms with Gasteiger partial charge >= 0.3 is 0 Å². The first-order valence-electron chi connectivity index (χ1n) is 8.59. The van der Waals surface area contributed by atoms with Gasteiger partial charge < -0.3 is 18.4 Å². The summed E-state index contributed by atoms with van der Waals surface area (Å²) in [7, 11) is 0. The van der Waals surface area contributed by atoms with Crippen LogP contribution in [-0.4, -0.2) is 26.9 Å². The van der Waals surface area contributed by atoms with Crippen molar-refractivity contribution < 1.29 is 18.4 Å². The third-order valence-electron chi connectivity index (χ3n) is 3.99. The topological polar surface area (TPSA) is 96.3 Å². The molecule has 0 N–H and O–H groups in total. The molecule has 0 aliphatic heterocycles. The van der Waals surface area contributed by atoms with Crippen molar-refractivity contribution >= 4 is 11.1 Å². The van der Waals surface area contributed by atoms with Gasteiger partial charge in [0.1, 0.15) is 11.5 Å². The van der Waals surface area contributed by atoms with Crippen LogP contribution in [0.5, 0.6) is 11.5 Å². The van der Waals surface area contributed by atoms with Gasteiger partial charge in [0.25, 0.3) is 11.6 Å². The van der Waals surface area contributed by atoms with E-state index in [0.717, 1.165) is 16.8 Å². The van der Waals surface area contributed by atoms with E-state index in [1.165, 1.54) is 0 Å². The molecule has 0 aliphatic rings. The van der Waals surface area contributed by atoms with Gasteiger partial charge in [0.05, 0.1) is 23.3 Å². The van der Waals surface area contributed by atoms with Gasteiger partial charge in [0, 0.05) is 6.20 Å². The Morgan fingerprint density at radius 2 is 1.89 bits per heavy atom. The minimum Gasteiger partial charge on any atom is -0.494 e. The Balaban J connectivity index is 1.51. The van der Waals surface area contributed by atoms with E-state index in [-0.39, 0.29) is 0 Å². The van der Waals surface area contributed by atoms with Crippen molar-refractivity contribution in [3.05, 3.63) is 48.1 Å². The SMILES string of the molecule is CCOc1ccc(OC(C)c2nnc(-c3cnc4onc(C)c4c3)o2)cc1. The number of aryl methyl sites for hydroxylation is 1. The average molecular weight is 366 g/mol. The van der Waals surface area contributed by atoms with Crippen LogP contribution in [0.15, 0.2) is 45.5 Å². The van der Waals surface area contributed by atoms with Crippen molar-refractivity contribution in [1.29, 1.82) is 0 Å². The van der Waals surface area contributed by atoms with Crippen molar-refractivity contribution in [2.45, 2.75) is 26.9 Å². The summed E-state index contributed by atoms with van der Waals surface area (Å²) in [5.74, 6) is 2.22. The highest BCUT2D eigenvalue weighted by Crippen LogP contribution is 2.27. The molecule has 0 amide bonds. The van der Waals surface area contributed by atoms with Crippen LogP contribution in [0.25, 0.3) is 22.6 Å². The maximum atomic E-state index is 5.87. The molecule has 3 heterocycles. The number of pyridine rings is 1. The summed E-state index contributed by atoms with van der Waals surface area (Å²) in [5, 5.41) is 12.9. The minimum absolute atomic E-state index is 0.363. The van der Waals surface area contributed by atoms with Gasteiger partial charge in [-0.2, -0.15) is 0 Å². The third kappa shape index (κ3) is 3.46. The lowest BCUT2D eigenvalue weighted by molar-refractivity contribution is 0.189. The summed E-state index contributed by atoms with van der Waals surface area (Å²) in [5.41, 5.74) is 1.93. The molecule has 8 nitrogen and oxygen atoms in total. The second-order valence-corrected chi connectivity index (χ2v) is 5.95. The molecule has 0 saturated heterocycles. The molecule has 0 bridgehead atoms. The predicted octanol–water partition coefficient (Wildman–Crippen LogP) is 4.12. The van der Waals surface area contributed by atoms with E-state index in [9.17, 15) is 0 Å². The van der Waals surface area contributed by atoms with Crippen molar-refractivity contribution in [2.24, 2.45) is 0 Å². The van der Waals surface area contributed by atoms with Crippen LogP contribution in [0.1, 0.15) is 31.5 Å². The fourth-order valence-electron chi connectivity index (χ4n) is 2.61. The summed E-state index contributed by atoms with van der Waals surface area (Å²) in [6, 6.07) is 9.25. The zero-order chi connectivity index (χ0) is 18.8. The largest absolute Gasteiger partial charge is 0.494 e. The van der Waals surface area contributed by atoms with Gasteiger partial charge in [0.15, 0.2) is 6.10 Å². The molecule has 0 fully saturated rings. The Morgan fingerprint density at radius 3 is 2.67 bits per heavy atom. The van der Waals surface area contributed by atoms with Crippen LogP contribution in [0.2, 0.25) is 0 Å². The molecule has 4 aromatic rings. The summed E-state index contributed by atoms with van der Waals surface area (Å²) in [4.78, 5) is 4.22. The smallest absolute Gasteiger partial charge is 0.257 e. The fourth-order valence-corrected chi connectivity index (χ4v) is 2.61. The molecule has 0 aliphatic carbocycles. The van der Waals surface area contributed by atoms with Crippen molar-refractivity contribution in [1.82, 2.24) is 20.3 Å². The molecule has 4 rings (SSSR count). The Labute approximate surface area is 155 Å². The minimum atomic E-state index is -0.404. The maximum Gasteiger partial charge on any atom is 0.257 e. The molecule has 0 radical (unpaired) electrons. The number of hydrogen-bond acceptors (Lipinski definition) is 8. The van der Waals surface area contributed by atoms with E-state index in [1.807, 2.05) is 51.1 Å². The second kappa shape index (κ2) is 7.06. The molecule has 1 aromatic carbocycles. The fraction of sp³-hybridized carbons (Fsp3) is 0.263. The van der Waals surface area contributed by atoms with E-state index in [2.05, 4.69) is 20.3 Å². The molecular weight excluding hydrogens is 348 g/mol. The standard InChI is InChI=1S/C19H18N4O4/c1-4-24-14-5-7-15(8-6-14)25-12(3)17-21-22-18(26-17)13-9-16-11(2)23-27-19(16)20-10-13/h5-10,12H,4H2,1-3H3. The van der Waals surface area contributed by atoms with Crippen LogP contribution in [0, 0.1) is 6.92 Å². The van der Waals surface area contributed by atoms with Gasteiger partial charge in [-0.15, -0.1) is 10.2 Å². The first-order chi connectivity index (χ1) is 13.1. The predicted molar refractivity (Wildman–Crippen MR) is 96.5 cm³/mol. The Kier molecular flexibility index (Phi) is 4.45. The second-order valence-electron chi connectivity index (χ2n) is 5.95. The zero-order valence-electron chi connectivity index (χ0n) is 15.2. The van der Waals surface area contributed by atoms with Crippen LogP contribution >= 0.6 is 0 Å². The van der Waals surface area contributed by atoms with Crippen LogP contribution < -0.4 is 9.47 Å². The highest BCUT2D eigenvalue weighted by Gasteiger charge is 2.18. The molecular formula is C19H18N4O4. The monoisotopic (exact) mass is 366 g/mol. The van der Waals surface area contributed by atoms with Crippen molar-refractivity contribution in [2.75, 3.05) is 6.61 Å². The van der Waals surface area contributed by atoms with Gasteiger partial charge in [-0.25, -0.2) is 4.98 Å². The number of benzene rings is 1. The molecule has 3 aromatic heterocycles. The van der Waals surface area contributed by atoms with E-state index in [4.69, 9.17) is 18.4 Å². The van der Waals surface area contributed by atoms with E-state index in [0.29, 0.717) is 35.4 Å². The first-order valence-corrected chi connectivity index (χ1v) is 8.59. The van der Waals surface area contributed by atoms with Gasteiger partial charge in [-0.1, -0.05) is 5.16 Å². The van der Waals surface area contributed by atoms with E-state index in [1.54, 1.807) is 6.20 Å². The average Bonchev–Trinajstić information content (AvgIpc) is 3.31. The molecule has 1 atom stereocenters. The highest BCUT2D eigenvalue weighted by atomic mass is 16.5. The molecule has 27 heavy (non-hydrogen) atoms. The number of nitrogens with zero attached hydrogens (tertiary/aromatic N) is 4. The Bertz CT molecular complexity index is 1060. The molecule has 1 unspecified atom stereocenters. The molecule has 8 heteroatoms. The normalized spacial score (nSPS) is 12.3. The van der Waals surface area contributed by atoms with Crippen LogP contribution in [0.3, 0.4) is 0 Å². The highest BCUT2D eigenvalue weighted by molar-refractivity contribution is 5.79. The van der Waals surface area contributed by atoms with Crippen molar-refractivity contribution in [3.8, 4) is 23.0 Å². The maximum absolute atomic E-state index is 5.87. The quantitative estimate of drug-likeness (QED) is 0.503. The molecule has 138 valence electrons. The van der Waals surface area contributed by atoms with Gasteiger partial charge in [0.2, 0.25) is 5.89 Å². The summed E-state index contributed by atoms with van der Waals surface area (Å²) < 4.78 is 22.2. The number of fused-ring (bicyclic) bond motifs is 1. The first kappa shape index (κ1) is 17.0. The van der Waals surface area contributed by atoms with E-state index >= 15 is 0 Å². The Morgan fingerprint density at radius 1 is 1.11 bits per heavy atom. The van der Waals surface area contributed by atoms with Crippen LogP contribution in [0.4, 0.5) is 0 Å². The zero-order valence-corrected chi connectivity index (χ0v) is 15.2. The molecule has 0 saturated carbocycles. The summed E-state index contributed by atoms with van der Waals surface area (Å²) >= 11 is 0. The van der Waals surface area contributed by atoms with Crippen LogP contribution in [-0.2, 0) is 0 Å². The lowest BCUT2D eigenvalue weighted by atomic mass is 10.2. The number of rotatable bonds is 6. The number of aromatic nitrogens is 4. The van der Waals surface area contributed by atoms with Gasteiger partial charge in [-0.05, 0) is 51.1 Å². The van der Waals surface area contributed by atoms with E-state index < -0.39 is 6.10 Å². The Hall–Kier alpha value is -3.42. The summed E-state index contributed by atoms with van der Waals surface area (Å²) in [6.45, 7) is 6.26. The van der Waals surface area contributed by atoms with Crippen molar-refractivity contribution in [3.63, 3.8) is 0 Å². The number of hydrogen-bond donors (Lipinski definition) is 0. The lowest BCUT2D eigenvalue weighted by Crippen LogP contribution is -2.03. The number of ether oxygens (including phenoxy) is 2. The lowest BCUT2D eigenvalue weighted by Gasteiger charge is -2.11. The third-order valence-corrected chi connectivity index (χ3v) is 3.99. The van der Waals surface area contributed by atoms with Gasteiger partial charge in [-0.3, -0.25) is 0 Å². The molecule has 0 spiro atoms. The summed E-state index contributed by atoms with van der Waals surface area (Å²) in [6.07, 6.45) is 1.21.